The molecule has 3 aromatic rings. The lowest BCUT2D eigenvalue weighted by Gasteiger charge is -2.10. The van der Waals surface area contributed by atoms with E-state index in [-0.39, 0.29) is 5.69 Å². The van der Waals surface area contributed by atoms with Gasteiger partial charge in [0, 0.05) is 6.07 Å². The normalized spacial score (nSPS) is 10.8. The number of nitrogens with one attached hydrogen (secondary N) is 1. The molecule has 0 amide bonds. The van der Waals surface area contributed by atoms with Crippen LogP contribution in [0.2, 0.25) is 0 Å². The Labute approximate surface area is 111 Å². The van der Waals surface area contributed by atoms with Gasteiger partial charge in [0.2, 0.25) is 0 Å². The summed E-state index contributed by atoms with van der Waals surface area (Å²) >= 11 is 1.48. The first-order valence-electron chi connectivity index (χ1n) is 5.49. The third-order valence-corrected chi connectivity index (χ3v) is 3.54. The van der Waals surface area contributed by atoms with E-state index in [4.69, 9.17) is 5.73 Å². The lowest BCUT2D eigenvalue weighted by molar-refractivity contribution is 0.586. The minimum Gasteiger partial charge on any atom is -0.395 e. The van der Waals surface area contributed by atoms with Crippen molar-refractivity contribution in [3.8, 4) is 0 Å². The van der Waals surface area contributed by atoms with Crippen LogP contribution >= 0.6 is 11.3 Å². The predicted octanol–water partition coefficient (Wildman–Crippen LogP) is 3.90. The van der Waals surface area contributed by atoms with Crippen molar-refractivity contribution in [1.82, 2.24) is 4.98 Å². The maximum atomic E-state index is 13.6. The number of halogens is 2. The highest BCUT2D eigenvalue weighted by Crippen LogP contribution is 2.32. The van der Waals surface area contributed by atoms with Crippen molar-refractivity contribution in [2.75, 3.05) is 11.1 Å². The molecule has 2 aromatic carbocycles. The van der Waals surface area contributed by atoms with E-state index in [1.807, 2.05) is 6.07 Å². The van der Waals surface area contributed by atoms with Crippen LogP contribution in [-0.2, 0) is 0 Å². The lowest BCUT2D eigenvalue weighted by Crippen LogP contribution is -1.99. The Morgan fingerprint density at radius 1 is 1.11 bits per heavy atom. The van der Waals surface area contributed by atoms with Crippen LogP contribution in [0.5, 0.6) is 0 Å². The Bertz CT molecular complexity index is 755. The molecule has 0 aliphatic rings. The summed E-state index contributed by atoms with van der Waals surface area (Å²) in [6.07, 6.45) is 0. The van der Waals surface area contributed by atoms with E-state index in [2.05, 4.69) is 10.3 Å². The summed E-state index contributed by atoms with van der Waals surface area (Å²) in [5.41, 5.74) is 9.51. The molecule has 19 heavy (non-hydrogen) atoms. The van der Waals surface area contributed by atoms with Crippen LogP contribution in [0.25, 0.3) is 10.2 Å². The number of fused-ring (bicyclic) bond motifs is 1. The van der Waals surface area contributed by atoms with Gasteiger partial charge in [-0.15, -0.1) is 11.3 Å². The Balaban J connectivity index is 2.03. The molecule has 0 fully saturated rings. The first-order chi connectivity index (χ1) is 9.15. The van der Waals surface area contributed by atoms with Gasteiger partial charge in [-0.05, 0) is 24.3 Å². The third kappa shape index (κ3) is 2.10. The second-order valence-electron chi connectivity index (χ2n) is 3.98. The van der Waals surface area contributed by atoms with Gasteiger partial charge in [0.05, 0.1) is 27.3 Å². The van der Waals surface area contributed by atoms with Crippen LogP contribution < -0.4 is 11.1 Å². The summed E-state index contributed by atoms with van der Waals surface area (Å²) in [7, 11) is 0. The van der Waals surface area contributed by atoms with Gasteiger partial charge in [-0.1, -0.05) is 0 Å². The molecule has 96 valence electrons. The van der Waals surface area contributed by atoms with Gasteiger partial charge in [0.15, 0.2) is 0 Å². The Morgan fingerprint density at radius 2 is 1.89 bits per heavy atom. The van der Waals surface area contributed by atoms with Gasteiger partial charge in [-0.25, -0.2) is 13.8 Å². The molecule has 1 heterocycles. The lowest BCUT2D eigenvalue weighted by atomic mass is 10.2. The number of aromatic nitrogens is 1. The number of nitrogen functional groups attached to an aromatic ring is 1. The SMILES string of the molecule is Nc1c(Nc2ccc(F)cc2F)ccc2scnc12. The first kappa shape index (κ1) is 11.9. The van der Waals surface area contributed by atoms with Crippen molar-refractivity contribution in [2.24, 2.45) is 0 Å². The number of benzene rings is 2. The van der Waals surface area contributed by atoms with E-state index in [9.17, 15) is 8.78 Å². The molecule has 3 rings (SSSR count). The number of hydrogen-bond acceptors (Lipinski definition) is 4. The van der Waals surface area contributed by atoms with E-state index < -0.39 is 11.6 Å². The predicted molar refractivity (Wildman–Crippen MR) is 73.7 cm³/mol. The molecule has 0 radical (unpaired) electrons. The van der Waals surface area contributed by atoms with Crippen LogP contribution in [-0.4, -0.2) is 4.98 Å². The number of nitrogens with two attached hydrogens (primary N) is 1. The maximum Gasteiger partial charge on any atom is 0.149 e. The molecule has 0 atom stereocenters. The maximum absolute atomic E-state index is 13.6. The average Bonchev–Trinajstić information content (AvgIpc) is 2.85. The van der Waals surface area contributed by atoms with E-state index in [0.29, 0.717) is 16.9 Å². The van der Waals surface area contributed by atoms with Crippen LogP contribution in [0.1, 0.15) is 0 Å². The van der Waals surface area contributed by atoms with E-state index in [1.54, 1.807) is 11.6 Å². The molecule has 0 saturated carbocycles. The summed E-state index contributed by atoms with van der Waals surface area (Å²) in [6, 6.07) is 6.93. The zero-order chi connectivity index (χ0) is 13.4. The summed E-state index contributed by atoms with van der Waals surface area (Å²) < 4.78 is 27.4. The van der Waals surface area contributed by atoms with Gasteiger partial charge < -0.3 is 11.1 Å². The molecule has 3 N–H and O–H groups in total. The van der Waals surface area contributed by atoms with Gasteiger partial charge in [0.1, 0.15) is 17.2 Å². The third-order valence-electron chi connectivity index (χ3n) is 2.74. The van der Waals surface area contributed by atoms with Crippen LogP contribution in [0, 0.1) is 11.6 Å². The number of anilines is 3. The highest BCUT2D eigenvalue weighted by molar-refractivity contribution is 7.16. The number of hydrogen-bond donors (Lipinski definition) is 2. The fourth-order valence-corrected chi connectivity index (χ4v) is 2.49. The van der Waals surface area contributed by atoms with Gasteiger partial charge in [-0.3, -0.25) is 0 Å². The first-order valence-corrected chi connectivity index (χ1v) is 6.37. The average molecular weight is 277 g/mol. The minimum absolute atomic E-state index is 0.169. The van der Waals surface area contributed by atoms with Crippen molar-refractivity contribution in [3.63, 3.8) is 0 Å². The van der Waals surface area contributed by atoms with Crippen molar-refractivity contribution >= 4 is 38.6 Å². The van der Waals surface area contributed by atoms with Crippen molar-refractivity contribution in [1.29, 1.82) is 0 Å². The van der Waals surface area contributed by atoms with Crippen LogP contribution in [0.15, 0.2) is 35.8 Å². The largest absolute Gasteiger partial charge is 0.395 e. The zero-order valence-corrected chi connectivity index (χ0v) is 10.5. The summed E-state index contributed by atoms with van der Waals surface area (Å²) in [6.45, 7) is 0. The van der Waals surface area contributed by atoms with E-state index in [0.717, 1.165) is 10.8 Å². The monoisotopic (exact) mass is 277 g/mol. The topological polar surface area (TPSA) is 50.9 Å². The van der Waals surface area contributed by atoms with Crippen molar-refractivity contribution in [3.05, 3.63) is 47.5 Å². The van der Waals surface area contributed by atoms with Gasteiger partial charge >= 0.3 is 0 Å². The molecular weight excluding hydrogens is 268 g/mol. The molecular formula is C13H9F2N3S. The molecule has 0 unspecified atom stereocenters. The van der Waals surface area contributed by atoms with Crippen molar-refractivity contribution < 1.29 is 8.78 Å². The second kappa shape index (κ2) is 4.47. The Morgan fingerprint density at radius 3 is 2.68 bits per heavy atom. The molecule has 0 spiro atoms. The summed E-state index contributed by atoms with van der Waals surface area (Å²) in [4.78, 5) is 4.16. The quantitative estimate of drug-likeness (QED) is 0.698. The molecule has 1 aromatic heterocycles. The standard InChI is InChI=1S/C13H9F2N3S/c14-7-1-2-9(8(15)5-7)18-10-3-4-11-13(12(10)16)17-6-19-11/h1-6,18H,16H2. The highest BCUT2D eigenvalue weighted by Gasteiger charge is 2.09. The highest BCUT2D eigenvalue weighted by atomic mass is 32.1. The van der Waals surface area contributed by atoms with Crippen LogP contribution in [0.3, 0.4) is 0 Å². The number of thiazole rings is 1. The molecule has 0 bridgehead atoms. The molecule has 0 aliphatic carbocycles. The summed E-state index contributed by atoms with van der Waals surface area (Å²) in [5.74, 6) is -1.29. The van der Waals surface area contributed by atoms with Crippen molar-refractivity contribution in [2.45, 2.75) is 0 Å². The van der Waals surface area contributed by atoms with Gasteiger partial charge in [-0.2, -0.15) is 0 Å². The van der Waals surface area contributed by atoms with Crippen LogP contribution in [0.4, 0.5) is 25.8 Å². The number of rotatable bonds is 2. The van der Waals surface area contributed by atoms with E-state index >= 15 is 0 Å². The minimum atomic E-state index is -0.669. The molecule has 6 heteroatoms. The van der Waals surface area contributed by atoms with Gasteiger partial charge in [0.25, 0.3) is 0 Å². The fourth-order valence-electron chi connectivity index (χ4n) is 1.80. The smallest absolute Gasteiger partial charge is 0.149 e. The Kier molecular flexibility index (Phi) is 2.79. The second-order valence-corrected chi connectivity index (χ2v) is 4.86. The fraction of sp³-hybridized carbons (Fsp3) is 0. The van der Waals surface area contributed by atoms with E-state index in [1.165, 1.54) is 23.5 Å². The molecule has 0 aliphatic heterocycles. The molecule has 0 saturated heterocycles. The zero-order valence-electron chi connectivity index (χ0n) is 9.65. The Hall–Kier alpha value is -2.21. The number of nitrogens with zero attached hydrogens (tertiary/aromatic N) is 1. The molecule has 3 nitrogen and oxygen atoms in total. The summed E-state index contributed by atoms with van der Waals surface area (Å²) in [5, 5.41) is 2.85.